The summed E-state index contributed by atoms with van der Waals surface area (Å²) in [5.74, 6) is -21.7. The Labute approximate surface area is 159 Å². The molecule has 0 spiro atoms. The van der Waals surface area contributed by atoms with Gasteiger partial charge in [-0.3, -0.25) is 10.1 Å². The molecule has 0 saturated heterocycles. The Morgan fingerprint density at radius 2 is 1.14 bits per heavy atom. The summed E-state index contributed by atoms with van der Waals surface area (Å²) >= 11 is 0. The van der Waals surface area contributed by atoms with Crippen LogP contribution in [0.4, 0.5) is 32.0 Å². The number of nitro groups is 1. The van der Waals surface area contributed by atoms with Gasteiger partial charge in [0.05, 0.1) is 4.92 Å². The van der Waals surface area contributed by atoms with E-state index in [9.17, 15) is 36.5 Å². The molecule has 0 bridgehead atoms. The Balaban J connectivity index is 2.07. The highest BCUT2D eigenvalue weighted by molar-refractivity contribution is 5.42. The minimum atomic E-state index is -5.82. The fourth-order valence-corrected chi connectivity index (χ4v) is 2.47. The standard InChI is InChI=1S/C18H11F6NO4/c1-10-2-6-12(7-3-10)28-14-15(17(21,22)18(23,24)16(14,19)20)29-13-8-4-11(5-9-13)25(26)27/h2-9H,1H3. The van der Waals surface area contributed by atoms with Crippen LogP contribution in [-0.2, 0) is 0 Å². The fourth-order valence-electron chi connectivity index (χ4n) is 2.47. The zero-order chi connectivity index (χ0) is 21.6. The second-order valence-corrected chi connectivity index (χ2v) is 6.15. The van der Waals surface area contributed by atoms with E-state index in [4.69, 9.17) is 4.74 Å². The van der Waals surface area contributed by atoms with Gasteiger partial charge in [-0.2, -0.15) is 26.3 Å². The van der Waals surface area contributed by atoms with Gasteiger partial charge in [0.2, 0.25) is 11.5 Å². The zero-order valence-electron chi connectivity index (χ0n) is 14.5. The van der Waals surface area contributed by atoms with Crippen LogP contribution in [0.25, 0.3) is 0 Å². The third-order valence-electron chi connectivity index (χ3n) is 4.07. The lowest BCUT2D eigenvalue weighted by atomic mass is 10.1. The summed E-state index contributed by atoms with van der Waals surface area (Å²) < 4.78 is 93.8. The number of hydrogen-bond acceptors (Lipinski definition) is 4. The first kappa shape index (κ1) is 20.5. The van der Waals surface area contributed by atoms with Crippen LogP contribution in [0.5, 0.6) is 11.5 Å². The topological polar surface area (TPSA) is 61.6 Å². The first-order valence-electron chi connectivity index (χ1n) is 7.93. The molecule has 0 atom stereocenters. The molecule has 0 unspecified atom stereocenters. The molecular weight excluding hydrogens is 408 g/mol. The number of hydrogen-bond donors (Lipinski definition) is 0. The van der Waals surface area contributed by atoms with Gasteiger partial charge in [-0.25, -0.2) is 0 Å². The number of nitro benzene ring substituents is 1. The molecule has 0 radical (unpaired) electrons. The smallest absolute Gasteiger partial charge is 0.387 e. The fraction of sp³-hybridized carbons (Fsp3) is 0.222. The Morgan fingerprint density at radius 3 is 1.52 bits per heavy atom. The summed E-state index contributed by atoms with van der Waals surface area (Å²) in [5.41, 5.74) is 0.235. The summed E-state index contributed by atoms with van der Waals surface area (Å²) in [6.45, 7) is 1.65. The largest absolute Gasteiger partial charge is 0.451 e. The van der Waals surface area contributed by atoms with Crippen molar-refractivity contribution in [1.82, 2.24) is 0 Å². The van der Waals surface area contributed by atoms with Gasteiger partial charge in [0.1, 0.15) is 11.5 Å². The van der Waals surface area contributed by atoms with Crippen LogP contribution in [0.1, 0.15) is 5.56 Å². The van der Waals surface area contributed by atoms with Crippen molar-refractivity contribution in [3.05, 3.63) is 75.7 Å². The predicted octanol–water partition coefficient (Wildman–Crippen LogP) is 5.49. The van der Waals surface area contributed by atoms with E-state index in [0.717, 1.165) is 36.4 Å². The van der Waals surface area contributed by atoms with E-state index in [0.29, 0.717) is 5.56 Å². The molecular formula is C18H11F6NO4. The molecule has 0 fully saturated rings. The number of alkyl halides is 6. The van der Waals surface area contributed by atoms with Gasteiger partial charge in [0.25, 0.3) is 5.69 Å². The number of nitrogens with zero attached hydrogens (tertiary/aromatic N) is 1. The summed E-state index contributed by atoms with van der Waals surface area (Å²) in [5, 5.41) is 10.6. The lowest BCUT2D eigenvalue weighted by molar-refractivity contribution is -0.384. The number of ether oxygens (including phenoxy) is 2. The molecule has 1 aliphatic carbocycles. The number of rotatable bonds is 5. The van der Waals surface area contributed by atoms with Crippen LogP contribution in [0.15, 0.2) is 60.0 Å². The molecule has 11 heteroatoms. The van der Waals surface area contributed by atoms with Gasteiger partial charge in [0, 0.05) is 12.1 Å². The number of halogens is 6. The third kappa shape index (κ3) is 3.26. The maximum atomic E-state index is 14.2. The number of benzene rings is 2. The van der Waals surface area contributed by atoms with Gasteiger partial charge in [0.15, 0.2) is 0 Å². The Hall–Kier alpha value is -3.24. The third-order valence-corrected chi connectivity index (χ3v) is 4.07. The van der Waals surface area contributed by atoms with Gasteiger partial charge in [-0.15, -0.1) is 0 Å². The van der Waals surface area contributed by atoms with Gasteiger partial charge in [-0.1, -0.05) is 17.7 Å². The van der Waals surface area contributed by atoms with Crippen LogP contribution >= 0.6 is 0 Å². The van der Waals surface area contributed by atoms with Crippen LogP contribution in [0, 0.1) is 17.0 Å². The highest BCUT2D eigenvalue weighted by Gasteiger charge is 2.83. The molecule has 1 aliphatic rings. The minimum Gasteiger partial charge on any atom is -0.451 e. The SMILES string of the molecule is Cc1ccc(OC2=C(Oc3ccc([N+](=O)[O-])cc3)C(F)(F)C(F)(F)C2(F)F)cc1. The van der Waals surface area contributed by atoms with E-state index < -0.39 is 45.6 Å². The zero-order valence-corrected chi connectivity index (χ0v) is 14.5. The number of non-ortho nitro benzene ring substituents is 1. The van der Waals surface area contributed by atoms with E-state index in [1.165, 1.54) is 12.1 Å². The summed E-state index contributed by atoms with van der Waals surface area (Å²) in [6.07, 6.45) is 0. The molecule has 2 aromatic rings. The summed E-state index contributed by atoms with van der Waals surface area (Å²) in [4.78, 5) is 9.82. The Morgan fingerprint density at radius 1 is 0.759 bits per heavy atom. The molecule has 0 aliphatic heterocycles. The number of allylic oxidation sites excluding steroid dienone is 2. The van der Waals surface area contributed by atoms with Crippen LogP contribution in [0.3, 0.4) is 0 Å². The first-order chi connectivity index (χ1) is 13.4. The van der Waals surface area contributed by atoms with Gasteiger partial charge >= 0.3 is 17.8 Å². The highest BCUT2D eigenvalue weighted by atomic mass is 19.3. The van der Waals surface area contributed by atoms with E-state index in [-0.39, 0.29) is 5.75 Å². The van der Waals surface area contributed by atoms with Crippen molar-refractivity contribution in [2.24, 2.45) is 0 Å². The van der Waals surface area contributed by atoms with Crippen molar-refractivity contribution in [3.8, 4) is 11.5 Å². The molecule has 0 aromatic heterocycles. The lowest BCUT2D eigenvalue weighted by Gasteiger charge is -2.24. The second kappa shape index (κ2) is 6.68. The van der Waals surface area contributed by atoms with Crippen molar-refractivity contribution < 1.29 is 40.7 Å². The average Bonchev–Trinajstić information content (AvgIpc) is 2.74. The van der Waals surface area contributed by atoms with E-state index in [1.54, 1.807) is 6.92 Å². The quantitative estimate of drug-likeness (QED) is 0.365. The maximum absolute atomic E-state index is 14.2. The van der Waals surface area contributed by atoms with Gasteiger partial charge < -0.3 is 9.47 Å². The van der Waals surface area contributed by atoms with Crippen molar-refractivity contribution in [1.29, 1.82) is 0 Å². The highest BCUT2D eigenvalue weighted by Crippen LogP contribution is 2.59. The Kier molecular flexibility index (Phi) is 4.72. The normalized spacial score (nSPS) is 19.1. The van der Waals surface area contributed by atoms with E-state index >= 15 is 0 Å². The molecule has 0 amide bonds. The van der Waals surface area contributed by atoms with Crippen LogP contribution < -0.4 is 9.47 Å². The van der Waals surface area contributed by atoms with Crippen LogP contribution in [-0.4, -0.2) is 22.7 Å². The molecule has 154 valence electrons. The first-order valence-corrected chi connectivity index (χ1v) is 7.93. The number of aryl methyl sites for hydroxylation is 1. The summed E-state index contributed by atoms with van der Waals surface area (Å²) in [6, 6.07) is 8.34. The predicted molar refractivity (Wildman–Crippen MR) is 87.4 cm³/mol. The van der Waals surface area contributed by atoms with Gasteiger partial charge in [-0.05, 0) is 31.2 Å². The molecule has 5 nitrogen and oxygen atoms in total. The summed E-state index contributed by atoms with van der Waals surface area (Å²) in [7, 11) is 0. The Bertz CT molecular complexity index is 971. The molecule has 0 saturated carbocycles. The molecule has 0 heterocycles. The maximum Gasteiger partial charge on any atom is 0.387 e. The molecule has 3 rings (SSSR count). The lowest BCUT2D eigenvalue weighted by Crippen LogP contribution is -2.50. The molecule has 29 heavy (non-hydrogen) atoms. The van der Waals surface area contributed by atoms with Crippen LogP contribution in [0.2, 0.25) is 0 Å². The van der Waals surface area contributed by atoms with Crippen molar-refractivity contribution in [2.45, 2.75) is 24.7 Å². The molecule has 2 aromatic carbocycles. The van der Waals surface area contributed by atoms with Crippen molar-refractivity contribution in [3.63, 3.8) is 0 Å². The average molecular weight is 419 g/mol. The van der Waals surface area contributed by atoms with Crippen molar-refractivity contribution >= 4 is 5.69 Å². The minimum absolute atomic E-state index is 0.386. The van der Waals surface area contributed by atoms with E-state index in [1.807, 2.05) is 0 Å². The second-order valence-electron chi connectivity index (χ2n) is 6.15. The molecule has 0 N–H and O–H groups in total. The monoisotopic (exact) mass is 419 g/mol. The van der Waals surface area contributed by atoms with E-state index in [2.05, 4.69) is 4.74 Å². The van der Waals surface area contributed by atoms with Crippen molar-refractivity contribution in [2.75, 3.05) is 0 Å².